The van der Waals surface area contributed by atoms with Crippen molar-refractivity contribution in [1.82, 2.24) is 9.80 Å². The average Bonchev–Trinajstić information content (AvgIpc) is 3.43. The van der Waals surface area contributed by atoms with Gasteiger partial charge in [-0.2, -0.15) is 0 Å². The van der Waals surface area contributed by atoms with Gasteiger partial charge in [0.2, 0.25) is 0 Å². The van der Waals surface area contributed by atoms with Gasteiger partial charge in [0.1, 0.15) is 24.2 Å². The molecule has 0 radical (unpaired) electrons. The molecule has 0 bridgehead atoms. The van der Waals surface area contributed by atoms with E-state index < -0.39 is 17.7 Å². The Labute approximate surface area is 230 Å². The molecule has 2 atom stereocenters. The molecule has 8 heteroatoms. The summed E-state index contributed by atoms with van der Waals surface area (Å²) in [6.07, 6.45) is 2.40. The molecule has 2 aromatic carbocycles. The number of Topliss-reactive ketones (excluding diaryl/α,β-unsaturated/α-hetero) is 1. The van der Waals surface area contributed by atoms with E-state index in [1.54, 1.807) is 35.2 Å². The van der Waals surface area contributed by atoms with Crippen molar-refractivity contribution in [2.24, 2.45) is 0 Å². The van der Waals surface area contributed by atoms with Gasteiger partial charge < -0.3 is 29.1 Å². The number of likely N-dealkylation sites (tertiary alicyclic amines) is 1. The van der Waals surface area contributed by atoms with Gasteiger partial charge in [-0.3, -0.25) is 9.59 Å². The number of amides is 1. The van der Waals surface area contributed by atoms with E-state index in [0.29, 0.717) is 55.4 Å². The largest absolute Gasteiger partial charge is 0.507 e. The Morgan fingerprint density at radius 2 is 1.90 bits per heavy atom. The summed E-state index contributed by atoms with van der Waals surface area (Å²) in [5.41, 5.74) is 2.16. The molecule has 0 aromatic heterocycles. The molecule has 2 aromatic rings. The first kappa shape index (κ1) is 28.2. The van der Waals surface area contributed by atoms with Crippen LogP contribution in [-0.4, -0.2) is 72.1 Å². The van der Waals surface area contributed by atoms with Crippen LogP contribution in [0.5, 0.6) is 17.2 Å². The van der Waals surface area contributed by atoms with Gasteiger partial charge in [0, 0.05) is 25.1 Å². The van der Waals surface area contributed by atoms with E-state index in [0.717, 1.165) is 24.4 Å². The number of aliphatic hydroxyl groups is 1. The Bertz CT molecular complexity index is 1270. The van der Waals surface area contributed by atoms with Gasteiger partial charge in [-0.15, -0.1) is 0 Å². The summed E-state index contributed by atoms with van der Waals surface area (Å²) in [6, 6.07) is 9.95. The van der Waals surface area contributed by atoms with Gasteiger partial charge >= 0.3 is 0 Å². The van der Waals surface area contributed by atoms with Crippen molar-refractivity contribution < 1.29 is 28.9 Å². The van der Waals surface area contributed by atoms with Crippen LogP contribution in [0.2, 0.25) is 0 Å². The number of aliphatic hydroxyl groups excluding tert-OH is 1. The van der Waals surface area contributed by atoms with E-state index in [-0.39, 0.29) is 17.4 Å². The smallest absolute Gasteiger partial charge is 0.295 e. The highest BCUT2D eigenvalue weighted by Gasteiger charge is 2.46. The number of carbonyl (C=O) groups excluding carboxylic acids is 2. The number of fused-ring (bicyclic) bond motifs is 1. The summed E-state index contributed by atoms with van der Waals surface area (Å²) >= 11 is 0. The van der Waals surface area contributed by atoms with E-state index >= 15 is 0 Å². The van der Waals surface area contributed by atoms with Crippen molar-refractivity contribution in [3.63, 3.8) is 0 Å². The third-order valence-corrected chi connectivity index (χ3v) is 7.20. The molecule has 1 fully saturated rings. The fraction of sp³-hybridized carbons (Fsp3) is 0.419. The molecule has 208 valence electrons. The highest BCUT2D eigenvalue weighted by molar-refractivity contribution is 6.46. The summed E-state index contributed by atoms with van der Waals surface area (Å²) in [5, 5.41) is 11.5. The summed E-state index contributed by atoms with van der Waals surface area (Å²) < 4.78 is 17.4. The lowest BCUT2D eigenvalue weighted by atomic mass is 9.94. The SMILES string of the molecule is C=CCOc1ccc(C2C(=C(O)c3ccc4c(c3)CC(C)O4)C(=O)C(=O)N2CCN(CC)CC)cc1OCC. The molecule has 2 aliphatic heterocycles. The summed E-state index contributed by atoms with van der Waals surface area (Å²) in [7, 11) is 0. The predicted molar refractivity (Wildman–Crippen MR) is 150 cm³/mol. The third kappa shape index (κ3) is 5.81. The van der Waals surface area contributed by atoms with Crippen LogP contribution in [0.15, 0.2) is 54.6 Å². The summed E-state index contributed by atoms with van der Waals surface area (Å²) in [6.45, 7) is 15.0. The van der Waals surface area contributed by atoms with Gasteiger partial charge in [-0.1, -0.05) is 32.6 Å². The maximum absolute atomic E-state index is 13.5. The topological polar surface area (TPSA) is 88.5 Å². The van der Waals surface area contributed by atoms with E-state index in [9.17, 15) is 14.7 Å². The van der Waals surface area contributed by atoms with Crippen LogP contribution in [0.25, 0.3) is 5.76 Å². The minimum Gasteiger partial charge on any atom is -0.507 e. The van der Waals surface area contributed by atoms with Crippen LogP contribution in [0.1, 0.15) is 50.4 Å². The molecule has 1 amide bonds. The number of benzene rings is 2. The van der Waals surface area contributed by atoms with Crippen LogP contribution in [0, 0.1) is 0 Å². The maximum Gasteiger partial charge on any atom is 0.295 e. The molecule has 8 nitrogen and oxygen atoms in total. The van der Waals surface area contributed by atoms with E-state index in [2.05, 4.69) is 25.3 Å². The molecule has 2 unspecified atom stereocenters. The van der Waals surface area contributed by atoms with Crippen LogP contribution < -0.4 is 14.2 Å². The van der Waals surface area contributed by atoms with Gasteiger partial charge in [0.25, 0.3) is 11.7 Å². The summed E-state index contributed by atoms with van der Waals surface area (Å²) in [4.78, 5) is 30.6. The quantitative estimate of drug-likeness (QED) is 0.182. The third-order valence-electron chi connectivity index (χ3n) is 7.20. The molecule has 0 saturated carbocycles. The second kappa shape index (κ2) is 12.4. The molecule has 39 heavy (non-hydrogen) atoms. The molecular formula is C31H38N2O6. The van der Waals surface area contributed by atoms with Crippen LogP contribution in [0.4, 0.5) is 0 Å². The Morgan fingerprint density at radius 1 is 1.13 bits per heavy atom. The molecule has 0 spiro atoms. The van der Waals surface area contributed by atoms with Crippen molar-refractivity contribution in [3.05, 3.63) is 71.3 Å². The highest BCUT2D eigenvalue weighted by Crippen LogP contribution is 2.42. The van der Waals surface area contributed by atoms with Crippen LogP contribution >= 0.6 is 0 Å². The number of carbonyl (C=O) groups is 2. The number of rotatable bonds is 12. The Balaban J connectivity index is 1.82. The van der Waals surface area contributed by atoms with Crippen molar-refractivity contribution in [1.29, 1.82) is 0 Å². The fourth-order valence-electron chi connectivity index (χ4n) is 5.20. The first-order chi connectivity index (χ1) is 18.8. The lowest BCUT2D eigenvalue weighted by Crippen LogP contribution is -2.38. The van der Waals surface area contributed by atoms with Crippen molar-refractivity contribution in [3.8, 4) is 17.2 Å². The van der Waals surface area contributed by atoms with Gasteiger partial charge in [0.05, 0.1) is 18.2 Å². The van der Waals surface area contributed by atoms with E-state index in [4.69, 9.17) is 14.2 Å². The van der Waals surface area contributed by atoms with Crippen molar-refractivity contribution in [2.45, 2.75) is 46.3 Å². The standard InChI is InChI=1S/C31H38N2O6/c1-6-16-38-25-13-10-21(19-26(25)37-9-4)28-27(30(35)31(36)33(28)15-14-32(7-2)8-3)29(34)22-11-12-24-23(18-22)17-20(5)39-24/h6,10-13,18-20,28,34H,1,7-9,14-17H2,2-5H3. The van der Waals surface area contributed by atoms with Gasteiger partial charge in [0.15, 0.2) is 11.5 Å². The van der Waals surface area contributed by atoms with Crippen LogP contribution in [0.3, 0.4) is 0 Å². The number of ether oxygens (including phenoxy) is 3. The molecular weight excluding hydrogens is 496 g/mol. The Morgan fingerprint density at radius 3 is 2.59 bits per heavy atom. The normalized spacial score (nSPS) is 19.8. The second-order valence-electron chi connectivity index (χ2n) is 9.71. The molecule has 1 N–H and O–H groups in total. The monoisotopic (exact) mass is 534 g/mol. The molecule has 2 aliphatic rings. The number of hydrogen-bond donors (Lipinski definition) is 1. The Hall–Kier alpha value is -3.78. The van der Waals surface area contributed by atoms with E-state index in [1.807, 2.05) is 26.0 Å². The summed E-state index contributed by atoms with van der Waals surface area (Å²) in [5.74, 6) is 0.273. The fourth-order valence-corrected chi connectivity index (χ4v) is 5.20. The van der Waals surface area contributed by atoms with Crippen molar-refractivity contribution in [2.75, 3.05) is 39.4 Å². The molecule has 2 heterocycles. The minimum atomic E-state index is -0.781. The lowest BCUT2D eigenvalue weighted by molar-refractivity contribution is -0.140. The number of likely N-dealkylation sites (N-methyl/N-ethyl adjacent to an activating group) is 1. The van der Waals surface area contributed by atoms with E-state index in [1.165, 1.54) is 0 Å². The minimum absolute atomic E-state index is 0.0434. The second-order valence-corrected chi connectivity index (χ2v) is 9.71. The highest BCUT2D eigenvalue weighted by atomic mass is 16.5. The first-order valence-electron chi connectivity index (χ1n) is 13.6. The molecule has 1 saturated heterocycles. The maximum atomic E-state index is 13.5. The predicted octanol–water partition coefficient (Wildman–Crippen LogP) is 4.74. The number of ketones is 1. The molecule has 0 aliphatic carbocycles. The number of nitrogens with zero attached hydrogens (tertiary/aromatic N) is 2. The number of hydrogen-bond acceptors (Lipinski definition) is 7. The van der Waals surface area contributed by atoms with Crippen molar-refractivity contribution >= 4 is 17.4 Å². The van der Waals surface area contributed by atoms with Gasteiger partial charge in [-0.25, -0.2) is 0 Å². The zero-order valence-electron chi connectivity index (χ0n) is 23.2. The Kier molecular flexibility index (Phi) is 8.97. The van der Waals surface area contributed by atoms with Crippen LogP contribution in [-0.2, 0) is 16.0 Å². The zero-order chi connectivity index (χ0) is 28.1. The lowest BCUT2D eigenvalue weighted by Gasteiger charge is -2.28. The zero-order valence-corrected chi connectivity index (χ0v) is 23.2. The average molecular weight is 535 g/mol. The van der Waals surface area contributed by atoms with Gasteiger partial charge in [-0.05, 0) is 68.4 Å². The molecule has 4 rings (SSSR count). The first-order valence-corrected chi connectivity index (χ1v) is 13.6.